The molecule has 0 aromatic rings. The highest BCUT2D eigenvalue weighted by Crippen LogP contribution is 2.61. The van der Waals surface area contributed by atoms with Gasteiger partial charge in [0.25, 0.3) is 5.91 Å². The Morgan fingerprint density at radius 3 is 2.42 bits per heavy atom. The summed E-state index contributed by atoms with van der Waals surface area (Å²) in [4.78, 5) is 32.6. The van der Waals surface area contributed by atoms with E-state index in [1.165, 1.54) is 4.90 Å². The molecule has 0 aromatic carbocycles. The molecule has 4 saturated carbocycles. The molecule has 0 aromatic heterocycles. The van der Waals surface area contributed by atoms with Gasteiger partial charge in [0.1, 0.15) is 6.04 Å². The largest absolute Gasteiger partial charge is 0.439 e. The molecular weight excluding hydrogens is 516 g/mol. The monoisotopic (exact) mass is 560 g/mol. The van der Waals surface area contributed by atoms with E-state index in [1.807, 2.05) is 25.7 Å². The van der Waals surface area contributed by atoms with Crippen molar-refractivity contribution < 1.29 is 28.5 Å². The van der Waals surface area contributed by atoms with E-state index in [-0.39, 0.29) is 23.7 Å². The van der Waals surface area contributed by atoms with Gasteiger partial charge in [-0.3, -0.25) is 9.69 Å². The van der Waals surface area contributed by atoms with Gasteiger partial charge in [0.05, 0.1) is 50.2 Å². The number of nitriles is 1. The third kappa shape index (κ3) is 7.00. The van der Waals surface area contributed by atoms with Gasteiger partial charge in [-0.15, -0.1) is 0 Å². The van der Waals surface area contributed by atoms with Crippen LogP contribution in [0, 0.1) is 23.2 Å². The van der Waals surface area contributed by atoms with E-state index in [0.717, 1.165) is 44.9 Å². The number of nitrogens with zero attached hydrogens (tertiary/aromatic N) is 6. The minimum atomic E-state index is -0.502. The molecule has 5 fully saturated rings. The summed E-state index contributed by atoms with van der Waals surface area (Å²) in [5.41, 5.74) is 7.10. The summed E-state index contributed by atoms with van der Waals surface area (Å²) in [7, 11) is 0. The zero-order valence-corrected chi connectivity index (χ0v) is 24.2. The van der Waals surface area contributed by atoms with Crippen molar-refractivity contribution in [2.24, 2.45) is 17.0 Å². The fraction of sp³-hybridized carbons (Fsp3) is 0.893. The lowest BCUT2D eigenvalue weighted by atomic mass is 9.50. The SMILES string of the molecule is CC(C)(C)N(C(=O)OCC(=O)N1CCC[C@H]1C#N)C12CC3CC(CC(OCCOCCOCCN=[N+]=[N-])(C3)C1)C2. The maximum atomic E-state index is 13.7. The first-order chi connectivity index (χ1) is 19.1. The number of rotatable bonds is 13. The van der Waals surface area contributed by atoms with Crippen molar-refractivity contribution in [1.82, 2.24) is 9.80 Å². The number of hydrogen-bond acceptors (Lipinski definition) is 8. The van der Waals surface area contributed by atoms with E-state index >= 15 is 0 Å². The maximum absolute atomic E-state index is 13.7. The van der Waals surface area contributed by atoms with E-state index < -0.39 is 17.7 Å². The van der Waals surface area contributed by atoms with E-state index in [1.54, 1.807) is 0 Å². The van der Waals surface area contributed by atoms with E-state index in [2.05, 4.69) is 16.1 Å². The molecule has 0 spiro atoms. The lowest BCUT2D eigenvalue weighted by molar-refractivity contribution is -0.209. The van der Waals surface area contributed by atoms with Crippen LogP contribution >= 0.6 is 0 Å². The molecule has 12 nitrogen and oxygen atoms in total. The van der Waals surface area contributed by atoms with Crippen LogP contribution in [0.15, 0.2) is 5.11 Å². The molecule has 4 aliphatic carbocycles. The molecule has 3 atom stereocenters. The van der Waals surface area contributed by atoms with Gasteiger partial charge >= 0.3 is 6.09 Å². The first kappa shape index (κ1) is 30.4. The van der Waals surface area contributed by atoms with Gasteiger partial charge in [0.15, 0.2) is 6.61 Å². The van der Waals surface area contributed by atoms with E-state index in [0.29, 0.717) is 64.4 Å². The van der Waals surface area contributed by atoms with Crippen LogP contribution in [-0.2, 0) is 23.7 Å². The zero-order valence-electron chi connectivity index (χ0n) is 24.2. The average molecular weight is 561 g/mol. The van der Waals surface area contributed by atoms with Gasteiger partial charge in [0, 0.05) is 23.5 Å². The smallest absolute Gasteiger partial charge is 0.411 e. The minimum absolute atomic E-state index is 0.297. The van der Waals surface area contributed by atoms with Crippen LogP contribution in [0.1, 0.15) is 72.1 Å². The van der Waals surface area contributed by atoms with Crippen LogP contribution in [0.25, 0.3) is 10.4 Å². The molecule has 0 radical (unpaired) electrons. The molecule has 40 heavy (non-hydrogen) atoms. The fourth-order valence-electron chi connectivity index (χ4n) is 8.00. The lowest BCUT2D eigenvalue weighted by Crippen LogP contribution is -2.70. The van der Waals surface area contributed by atoms with Gasteiger partial charge in [-0.1, -0.05) is 5.11 Å². The molecule has 222 valence electrons. The molecule has 1 saturated heterocycles. The molecule has 1 aliphatic heterocycles. The summed E-state index contributed by atoms with van der Waals surface area (Å²) in [6, 6.07) is 1.73. The van der Waals surface area contributed by atoms with Gasteiger partial charge in [-0.2, -0.15) is 5.26 Å². The van der Waals surface area contributed by atoms with Crippen LogP contribution in [0.3, 0.4) is 0 Å². The average Bonchev–Trinajstić information content (AvgIpc) is 3.36. The summed E-state index contributed by atoms with van der Waals surface area (Å²) >= 11 is 0. The number of carbonyl (C=O) groups is 2. The maximum Gasteiger partial charge on any atom is 0.411 e. The second-order valence-corrected chi connectivity index (χ2v) is 12.8. The number of azide groups is 1. The highest BCUT2D eigenvalue weighted by atomic mass is 16.6. The standard InChI is InChI=1S/C28H44N6O6/c1-26(2,3)34(25(36)39-19-24(35)33-7-4-5-23(33)18-29)27-14-21-13-22(15-27)17-28(16-21,20-27)40-12-11-38-10-9-37-8-6-31-32-30/h21-23H,4-17,19-20H2,1-3H3/t21?,22?,23-,27?,28?/m0/s1. The fourth-order valence-corrected chi connectivity index (χ4v) is 8.00. The van der Waals surface area contributed by atoms with Gasteiger partial charge in [0.2, 0.25) is 0 Å². The molecule has 2 unspecified atom stereocenters. The molecule has 2 amide bonds. The van der Waals surface area contributed by atoms with Crippen LogP contribution < -0.4 is 0 Å². The first-order valence-electron chi connectivity index (χ1n) is 14.6. The summed E-state index contributed by atoms with van der Waals surface area (Å²) in [5, 5.41) is 12.8. The predicted octanol–water partition coefficient (Wildman–Crippen LogP) is 4.19. The van der Waals surface area contributed by atoms with Crippen LogP contribution in [-0.4, -0.2) is 97.3 Å². The Hall–Kier alpha value is -2.58. The quantitative estimate of drug-likeness (QED) is 0.142. The van der Waals surface area contributed by atoms with Crippen molar-refractivity contribution in [3.8, 4) is 6.07 Å². The number of hydrogen-bond donors (Lipinski definition) is 0. The predicted molar refractivity (Wildman–Crippen MR) is 145 cm³/mol. The van der Waals surface area contributed by atoms with Gasteiger partial charge in [-0.25, -0.2) is 4.79 Å². The van der Waals surface area contributed by atoms with Gasteiger partial charge < -0.3 is 23.8 Å². The van der Waals surface area contributed by atoms with Crippen molar-refractivity contribution >= 4 is 12.0 Å². The summed E-state index contributed by atoms with van der Waals surface area (Å²) in [6.45, 7) is 8.73. The minimum Gasteiger partial charge on any atom is -0.439 e. The van der Waals surface area contributed by atoms with E-state index in [4.69, 9.17) is 24.5 Å². The van der Waals surface area contributed by atoms with Crippen LogP contribution in [0.2, 0.25) is 0 Å². The van der Waals surface area contributed by atoms with Crippen molar-refractivity contribution in [2.45, 2.75) is 94.9 Å². The Balaban J connectivity index is 1.34. The highest BCUT2D eigenvalue weighted by molar-refractivity contribution is 5.81. The molecular formula is C28H44N6O6. The molecule has 0 N–H and O–H groups in total. The number of ether oxygens (including phenoxy) is 4. The van der Waals surface area contributed by atoms with Crippen molar-refractivity contribution in [3.63, 3.8) is 0 Å². The number of likely N-dealkylation sites (tertiary alicyclic amines) is 1. The number of carbonyl (C=O) groups excluding carboxylic acids is 2. The molecule has 12 heteroatoms. The Labute approximate surface area is 236 Å². The zero-order chi connectivity index (χ0) is 28.8. The number of amides is 2. The molecule has 4 bridgehead atoms. The Morgan fingerprint density at radius 1 is 1.10 bits per heavy atom. The Kier molecular flexibility index (Phi) is 9.83. The summed E-state index contributed by atoms with van der Waals surface area (Å²) in [6.07, 6.45) is 6.71. The van der Waals surface area contributed by atoms with Crippen molar-refractivity contribution in [3.05, 3.63) is 10.4 Å². The third-order valence-corrected chi connectivity index (χ3v) is 8.75. The molecule has 1 heterocycles. The van der Waals surface area contributed by atoms with Crippen molar-refractivity contribution in [1.29, 1.82) is 5.26 Å². The summed E-state index contributed by atoms with van der Waals surface area (Å²) < 4.78 is 23.3. The second-order valence-electron chi connectivity index (χ2n) is 12.8. The van der Waals surface area contributed by atoms with Gasteiger partial charge in [-0.05, 0) is 89.5 Å². The van der Waals surface area contributed by atoms with Crippen LogP contribution in [0.4, 0.5) is 4.79 Å². The third-order valence-electron chi connectivity index (χ3n) is 8.75. The second kappa shape index (κ2) is 12.9. The van der Waals surface area contributed by atoms with Crippen LogP contribution in [0.5, 0.6) is 0 Å². The molecule has 5 aliphatic rings. The Bertz CT molecular complexity index is 988. The first-order valence-corrected chi connectivity index (χ1v) is 14.6. The molecule has 5 rings (SSSR count). The van der Waals surface area contributed by atoms with E-state index in [9.17, 15) is 14.9 Å². The highest BCUT2D eigenvalue weighted by Gasteiger charge is 2.63. The summed E-state index contributed by atoms with van der Waals surface area (Å²) in [5.74, 6) is 0.650. The Morgan fingerprint density at radius 2 is 1.77 bits per heavy atom. The normalized spacial score (nSPS) is 30.6. The van der Waals surface area contributed by atoms with Crippen molar-refractivity contribution in [2.75, 3.05) is 52.7 Å². The lowest BCUT2D eigenvalue weighted by Gasteiger charge is -2.65. The topological polar surface area (TPSA) is 150 Å².